The Labute approximate surface area is 164 Å². The Morgan fingerprint density at radius 2 is 1.38 bits per heavy atom. The summed E-state index contributed by atoms with van der Waals surface area (Å²) in [6, 6.07) is 14.9. The predicted molar refractivity (Wildman–Crippen MR) is 107 cm³/mol. The molecular weight excluding hydrogens is 419 g/mol. The molecule has 2 heterocycles. The van der Waals surface area contributed by atoms with Crippen molar-refractivity contribution >= 4 is 64.0 Å². The summed E-state index contributed by atoms with van der Waals surface area (Å²) in [5.41, 5.74) is 1.53. The van der Waals surface area contributed by atoms with Crippen molar-refractivity contribution < 1.29 is 4.21 Å². The SMILES string of the molecule is Clc1ncnc2ccccc12.O=S(Cl)Cl.O=c1[nH]cnc2ccccc12. The first-order valence-corrected chi connectivity index (χ1v) is 10.2. The summed E-state index contributed by atoms with van der Waals surface area (Å²) < 4.78 is 9.09. The molecule has 0 aliphatic heterocycles. The molecule has 0 aliphatic carbocycles. The Hall–Kier alpha value is -2.06. The molecule has 0 bridgehead atoms. The number of hydrogen-bond acceptors (Lipinski definition) is 5. The molecule has 10 heteroatoms. The number of fused-ring (bicyclic) bond motifs is 2. The Morgan fingerprint density at radius 3 is 1.96 bits per heavy atom. The molecule has 0 atom stereocenters. The van der Waals surface area contributed by atoms with Gasteiger partial charge < -0.3 is 4.98 Å². The minimum absolute atomic E-state index is 0.0874. The van der Waals surface area contributed by atoms with E-state index in [1.807, 2.05) is 42.5 Å². The van der Waals surface area contributed by atoms with E-state index in [4.69, 9.17) is 15.8 Å². The van der Waals surface area contributed by atoms with Crippen molar-refractivity contribution in [1.29, 1.82) is 0 Å². The second-order valence-electron chi connectivity index (χ2n) is 4.61. The molecule has 4 rings (SSSR count). The fourth-order valence-electron chi connectivity index (χ4n) is 1.99. The summed E-state index contributed by atoms with van der Waals surface area (Å²) in [4.78, 5) is 25.5. The number of aromatic nitrogens is 4. The van der Waals surface area contributed by atoms with E-state index in [0.717, 1.165) is 16.4 Å². The average Bonchev–Trinajstić information content (AvgIpc) is 2.63. The molecule has 0 spiro atoms. The number of benzene rings is 2. The van der Waals surface area contributed by atoms with E-state index in [9.17, 15) is 4.79 Å². The van der Waals surface area contributed by atoms with Crippen LogP contribution >= 0.6 is 33.0 Å². The van der Waals surface area contributed by atoms with E-state index in [1.54, 1.807) is 6.07 Å². The van der Waals surface area contributed by atoms with E-state index in [-0.39, 0.29) is 5.56 Å². The molecule has 0 aliphatic rings. The van der Waals surface area contributed by atoms with Crippen molar-refractivity contribution in [2.75, 3.05) is 0 Å². The van der Waals surface area contributed by atoms with Gasteiger partial charge in [0.15, 0.2) is 0 Å². The first-order chi connectivity index (χ1) is 12.5. The lowest BCUT2D eigenvalue weighted by Gasteiger charge is -1.95. The minimum Gasteiger partial charge on any atom is -0.313 e. The molecule has 0 fully saturated rings. The Bertz CT molecular complexity index is 1080. The minimum atomic E-state index is -1.67. The summed E-state index contributed by atoms with van der Waals surface area (Å²) in [5, 5.41) is 2.04. The molecule has 134 valence electrons. The molecule has 0 radical (unpaired) electrons. The molecular formula is C16H11Cl3N4O2S. The lowest BCUT2D eigenvalue weighted by molar-refractivity contribution is 0.698. The van der Waals surface area contributed by atoms with Gasteiger partial charge in [0.25, 0.3) is 5.56 Å². The number of nitrogens with zero attached hydrogens (tertiary/aromatic N) is 3. The van der Waals surface area contributed by atoms with Crippen LogP contribution in [0.4, 0.5) is 0 Å². The van der Waals surface area contributed by atoms with Gasteiger partial charge in [-0.05, 0) is 24.3 Å². The number of para-hydroxylation sites is 2. The predicted octanol–water partition coefficient (Wildman–Crippen LogP) is 4.25. The van der Waals surface area contributed by atoms with Gasteiger partial charge in [-0.3, -0.25) is 4.79 Å². The van der Waals surface area contributed by atoms with Crippen LogP contribution in [-0.4, -0.2) is 24.1 Å². The van der Waals surface area contributed by atoms with Crippen LogP contribution in [0.1, 0.15) is 0 Å². The molecule has 4 aromatic rings. The van der Waals surface area contributed by atoms with Crippen LogP contribution in [0.25, 0.3) is 21.8 Å². The summed E-state index contributed by atoms with van der Waals surface area (Å²) in [7, 11) is 7.36. The second-order valence-corrected chi connectivity index (χ2v) is 7.50. The van der Waals surface area contributed by atoms with Crippen LogP contribution in [0.3, 0.4) is 0 Å². The standard InChI is InChI=1S/C8H5ClN2.C8H6N2O.Cl2OS/c9-8-6-3-1-2-4-7(6)10-5-11-8;11-8-6-3-1-2-4-7(6)9-5-10-8;1-4(2)3/h1-5H;1-5H,(H,9,10,11);. The lowest BCUT2D eigenvalue weighted by atomic mass is 10.2. The monoisotopic (exact) mass is 428 g/mol. The Morgan fingerprint density at radius 1 is 0.846 bits per heavy atom. The molecule has 2 aromatic heterocycles. The van der Waals surface area contributed by atoms with Gasteiger partial charge in [-0.1, -0.05) is 35.9 Å². The number of aromatic amines is 1. The van der Waals surface area contributed by atoms with E-state index < -0.39 is 9.23 Å². The molecule has 0 saturated carbocycles. The van der Waals surface area contributed by atoms with Crippen LogP contribution in [0.15, 0.2) is 66.0 Å². The fraction of sp³-hybridized carbons (Fsp3) is 0. The summed E-state index contributed by atoms with van der Waals surface area (Å²) in [5.74, 6) is 0. The van der Waals surface area contributed by atoms with Gasteiger partial charge in [0, 0.05) is 26.8 Å². The number of hydrogen-bond donors (Lipinski definition) is 1. The zero-order chi connectivity index (χ0) is 18.9. The normalized spacial score (nSPS) is 10.0. The van der Waals surface area contributed by atoms with Crippen molar-refractivity contribution in [3.05, 3.63) is 76.7 Å². The number of rotatable bonds is 0. The van der Waals surface area contributed by atoms with Gasteiger partial charge in [-0.25, -0.2) is 19.2 Å². The maximum absolute atomic E-state index is 11.1. The van der Waals surface area contributed by atoms with Crippen molar-refractivity contribution in [3.63, 3.8) is 0 Å². The van der Waals surface area contributed by atoms with Gasteiger partial charge in [-0.15, -0.1) is 0 Å². The zero-order valence-corrected chi connectivity index (χ0v) is 16.1. The van der Waals surface area contributed by atoms with E-state index in [1.165, 1.54) is 12.7 Å². The molecule has 1 N–H and O–H groups in total. The number of nitrogens with one attached hydrogen (secondary N) is 1. The molecule has 0 unspecified atom stereocenters. The van der Waals surface area contributed by atoms with Crippen molar-refractivity contribution in [2.24, 2.45) is 0 Å². The first-order valence-electron chi connectivity index (χ1n) is 7.01. The van der Waals surface area contributed by atoms with Crippen molar-refractivity contribution in [1.82, 2.24) is 19.9 Å². The van der Waals surface area contributed by atoms with Crippen LogP contribution < -0.4 is 5.56 Å². The average molecular weight is 430 g/mol. The van der Waals surface area contributed by atoms with E-state index in [2.05, 4.69) is 41.3 Å². The van der Waals surface area contributed by atoms with Gasteiger partial charge in [0.1, 0.15) is 11.5 Å². The lowest BCUT2D eigenvalue weighted by Crippen LogP contribution is -2.05. The van der Waals surface area contributed by atoms with Crippen LogP contribution in [0.5, 0.6) is 0 Å². The Kier molecular flexibility index (Phi) is 7.93. The maximum atomic E-state index is 11.1. The third-order valence-electron chi connectivity index (χ3n) is 3.04. The Balaban J connectivity index is 0.000000156. The topological polar surface area (TPSA) is 88.6 Å². The maximum Gasteiger partial charge on any atom is 0.258 e. The molecule has 26 heavy (non-hydrogen) atoms. The van der Waals surface area contributed by atoms with Crippen LogP contribution in [0.2, 0.25) is 5.15 Å². The highest BCUT2D eigenvalue weighted by atomic mass is 36.0. The quantitative estimate of drug-likeness (QED) is 0.333. The third-order valence-corrected chi connectivity index (χ3v) is 3.34. The third kappa shape index (κ3) is 6.03. The van der Waals surface area contributed by atoms with E-state index >= 15 is 0 Å². The molecule has 2 aromatic carbocycles. The van der Waals surface area contributed by atoms with Crippen molar-refractivity contribution in [3.8, 4) is 0 Å². The number of halogens is 3. The van der Waals surface area contributed by atoms with Gasteiger partial charge in [-0.2, -0.15) is 0 Å². The summed E-state index contributed by atoms with van der Waals surface area (Å²) in [6.07, 6.45) is 2.87. The molecule has 6 nitrogen and oxygen atoms in total. The highest BCUT2D eigenvalue weighted by Gasteiger charge is 1.97. The van der Waals surface area contributed by atoms with Gasteiger partial charge in [0.2, 0.25) is 9.23 Å². The molecule has 0 amide bonds. The van der Waals surface area contributed by atoms with Crippen LogP contribution in [-0.2, 0) is 9.23 Å². The van der Waals surface area contributed by atoms with Crippen LogP contribution in [0, 0.1) is 0 Å². The van der Waals surface area contributed by atoms with E-state index in [0.29, 0.717) is 10.5 Å². The fourth-order valence-corrected chi connectivity index (χ4v) is 2.19. The highest BCUT2D eigenvalue weighted by molar-refractivity contribution is 8.26. The first kappa shape index (κ1) is 20.3. The van der Waals surface area contributed by atoms with Gasteiger partial charge in [0.05, 0.1) is 22.7 Å². The largest absolute Gasteiger partial charge is 0.313 e. The summed E-state index contributed by atoms with van der Waals surface area (Å²) >= 11 is 5.81. The second kappa shape index (κ2) is 10.2. The van der Waals surface area contributed by atoms with Crippen molar-refractivity contribution in [2.45, 2.75) is 0 Å². The zero-order valence-electron chi connectivity index (χ0n) is 13.0. The smallest absolute Gasteiger partial charge is 0.258 e. The summed E-state index contributed by atoms with van der Waals surface area (Å²) in [6.45, 7) is 0. The molecule has 0 saturated heterocycles. The van der Waals surface area contributed by atoms with Gasteiger partial charge >= 0.3 is 0 Å². The number of H-pyrrole nitrogens is 1. The highest BCUT2D eigenvalue weighted by Crippen LogP contribution is 2.17.